The first-order valence-corrected chi connectivity index (χ1v) is 7.95. The molecule has 0 aliphatic carbocycles. The van der Waals surface area contributed by atoms with Crippen molar-refractivity contribution in [1.82, 2.24) is 10.0 Å². The van der Waals surface area contributed by atoms with Crippen molar-refractivity contribution in [3.63, 3.8) is 0 Å². The van der Waals surface area contributed by atoms with Gasteiger partial charge in [-0.2, -0.15) is 0 Å². The molecule has 0 amide bonds. The maximum absolute atomic E-state index is 11.8. The van der Waals surface area contributed by atoms with E-state index in [9.17, 15) is 8.42 Å². The van der Waals surface area contributed by atoms with E-state index in [0.717, 1.165) is 3.79 Å². The first-order chi connectivity index (χ1) is 6.97. The van der Waals surface area contributed by atoms with Gasteiger partial charge in [-0.3, -0.25) is 0 Å². The molecule has 0 bridgehead atoms. The Morgan fingerprint density at radius 3 is 2.53 bits per heavy atom. The summed E-state index contributed by atoms with van der Waals surface area (Å²) in [6, 6.07) is 1.58. The third-order valence-electron chi connectivity index (χ3n) is 1.58. The van der Waals surface area contributed by atoms with E-state index in [-0.39, 0.29) is 4.90 Å². The van der Waals surface area contributed by atoms with Crippen LogP contribution in [0.3, 0.4) is 0 Å². The molecule has 0 saturated carbocycles. The number of hydrogen-bond donors (Lipinski definition) is 2. The Hall–Kier alpha value is 0.530. The van der Waals surface area contributed by atoms with Crippen LogP contribution in [0.5, 0.6) is 0 Å². The second-order valence-corrected chi connectivity index (χ2v) is 8.17. The van der Waals surface area contributed by atoms with Gasteiger partial charge in [0.25, 0.3) is 0 Å². The summed E-state index contributed by atoms with van der Waals surface area (Å²) in [7, 11) is -1.63. The molecule has 1 heterocycles. The standard InChI is InChI=1S/C7H10Br2N2O2S2/c1-10-2-3-11-15(12,13)5-4-6(8)14-7(5)9/h4,10-11H,2-3H2,1H3. The summed E-state index contributed by atoms with van der Waals surface area (Å²) in [4.78, 5) is 0.274. The van der Waals surface area contributed by atoms with E-state index in [1.807, 2.05) is 0 Å². The summed E-state index contributed by atoms with van der Waals surface area (Å²) in [6.45, 7) is 0.973. The molecule has 0 aliphatic rings. The number of halogens is 2. The first kappa shape index (κ1) is 13.6. The molecule has 0 unspecified atom stereocenters. The number of sulfonamides is 1. The third-order valence-corrected chi connectivity index (χ3v) is 5.80. The first-order valence-electron chi connectivity index (χ1n) is 4.06. The Morgan fingerprint density at radius 1 is 1.40 bits per heavy atom. The molecule has 0 saturated heterocycles. The molecule has 1 aromatic heterocycles. The van der Waals surface area contributed by atoms with Gasteiger partial charge >= 0.3 is 0 Å². The molecule has 0 atom stereocenters. The van der Waals surface area contributed by atoms with Gasteiger partial charge in [0, 0.05) is 13.1 Å². The zero-order valence-electron chi connectivity index (χ0n) is 7.88. The predicted octanol–water partition coefficient (Wildman–Crippen LogP) is 1.77. The van der Waals surface area contributed by atoms with Crippen molar-refractivity contribution in [2.24, 2.45) is 0 Å². The monoisotopic (exact) mass is 376 g/mol. The highest BCUT2D eigenvalue weighted by Crippen LogP contribution is 2.34. The average molecular weight is 378 g/mol. The molecule has 0 radical (unpaired) electrons. The van der Waals surface area contributed by atoms with Crippen LogP contribution in [0, 0.1) is 0 Å². The summed E-state index contributed by atoms with van der Waals surface area (Å²) in [6.07, 6.45) is 0. The van der Waals surface area contributed by atoms with Crippen LogP contribution in [0.25, 0.3) is 0 Å². The van der Waals surface area contributed by atoms with Crippen molar-refractivity contribution in [2.75, 3.05) is 20.1 Å². The number of rotatable bonds is 5. The molecule has 15 heavy (non-hydrogen) atoms. The highest BCUT2D eigenvalue weighted by atomic mass is 79.9. The van der Waals surface area contributed by atoms with Gasteiger partial charge < -0.3 is 5.32 Å². The number of nitrogens with one attached hydrogen (secondary N) is 2. The van der Waals surface area contributed by atoms with Crippen LogP contribution in [0.15, 0.2) is 18.5 Å². The topological polar surface area (TPSA) is 58.2 Å². The van der Waals surface area contributed by atoms with Crippen molar-refractivity contribution in [3.05, 3.63) is 13.6 Å². The molecule has 1 aromatic rings. The fourth-order valence-corrected chi connectivity index (χ4v) is 5.74. The maximum Gasteiger partial charge on any atom is 0.242 e. The maximum atomic E-state index is 11.8. The minimum absolute atomic E-state index is 0.274. The van der Waals surface area contributed by atoms with Crippen LogP contribution in [-0.4, -0.2) is 28.6 Å². The van der Waals surface area contributed by atoms with Crippen LogP contribution in [0.4, 0.5) is 0 Å². The average Bonchev–Trinajstić information content (AvgIpc) is 2.46. The van der Waals surface area contributed by atoms with Crippen LogP contribution < -0.4 is 10.0 Å². The summed E-state index contributed by atoms with van der Waals surface area (Å²) in [5.74, 6) is 0. The van der Waals surface area contributed by atoms with Crippen LogP contribution in [0.1, 0.15) is 0 Å². The lowest BCUT2D eigenvalue weighted by Gasteiger charge is -2.04. The molecular formula is C7H10Br2N2O2S2. The molecule has 2 N–H and O–H groups in total. The van der Waals surface area contributed by atoms with E-state index >= 15 is 0 Å². The van der Waals surface area contributed by atoms with E-state index in [2.05, 4.69) is 41.9 Å². The van der Waals surface area contributed by atoms with E-state index < -0.39 is 10.0 Å². The normalized spacial score (nSPS) is 11.9. The van der Waals surface area contributed by atoms with E-state index in [4.69, 9.17) is 0 Å². The second kappa shape index (κ2) is 5.74. The number of hydrogen-bond acceptors (Lipinski definition) is 4. The van der Waals surface area contributed by atoms with Crippen molar-refractivity contribution in [2.45, 2.75) is 4.90 Å². The molecular weight excluding hydrogens is 368 g/mol. The molecule has 0 aliphatic heterocycles. The Labute approximate surface area is 110 Å². The third kappa shape index (κ3) is 3.79. The van der Waals surface area contributed by atoms with Crippen LogP contribution in [-0.2, 0) is 10.0 Å². The smallest absolute Gasteiger partial charge is 0.242 e. The minimum Gasteiger partial charge on any atom is -0.318 e. The van der Waals surface area contributed by atoms with Gasteiger partial charge in [-0.25, -0.2) is 13.1 Å². The minimum atomic E-state index is -3.40. The van der Waals surface area contributed by atoms with Crippen molar-refractivity contribution >= 4 is 53.2 Å². The molecule has 8 heteroatoms. The second-order valence-electron chi connectivity index (χ2n) is 2.69. The SMILES string of the molecule is CNCCNS(=O)(=O)c1cc(Br)sc1Br. The molecule has 0 spiro atoms. The highest BCUT2D eigenvalue weighted by Gasteiger charge is 2.19. The Kier molecular flexibility index (Phi) is 5.20. The Morgan fingerprint density at radius 2 is 2.07 bits per heavy atom. The Balaban J connectivity index is 2.82. The number of likely N-dealkylation sites (N-methyl/N-ethyl adjacent to an activating group) is 1. The zero-order chi connectivity index (χ0) is 11.5. The lowest BCUT2D eigenvalue weighted by Crippen LogP contribution is -2.30. The summed E-state index contributed by atoms with van der Waals surface area (Å²) in [5, 5.41) is 2.87. The molecule has 86 valence electrons. The van der Waals surface area contributed by atoms with E-state index in [1.54, 1.807) is 13.1 Å². The van der Waals surface area contributed by atoms with Crippen molar-refractivity contribution in [3.8, 4) is 0 Å². The molecule has 0 aromatic carbocycles. The molecule has 1 rings (SSSR count). The number of thiophene rings is 1. The quantitative estimate of drug-likeness (QED) is 0.769. The van der Waals surface area contributed by atoms with Gasteiger partial charge in [0.05, 0.1) is 7.57 Å². The van der Waals surface area contributed by atoms with Gasteiger partial charge in [0.15, 0.2) is 0 Å². The van der Waals surface area contributed by atoms with E-state index in [0.29, 0.717) is 16.9 Å². The van der Waals surface area contributed by atoms with Gasteiger partial charge in [-0.05, 0) is 45.0 Å². The van der Waals surface area contributed by atoms with Crippen molar-refractivity contribution in [1.29, 1.82) is 0 Å². The van der Waals surface area contributed by atoms with Gasteiger partial charge in [-0.1, -0.05) is 0 Å². The Bertz CT molecular complexity index is 430. The fraction of sp³-hybridized carbons (Fsp3) is 0.429. The molecule has 4 nitrogen and oxygen atoms in total. The molecule has 0 fully saturated rings. The summed E-state index contributed by atoms with van der Waals surface area (Å²) >= 11 is 7.79. The predicted molar refractivity (Wildman–Crippen MR) is 68.8 cm³/mol. The fourth-order valence-electron chi connectivity index (χ4n) is 0.897. The summed E-state index contributed by atoms with van der Waals surface area (Å²) < 4.78 is 27.4. The van der Waals surface area contributed by atoms with Crippen LogP contribution in [0.2, 0.25) is 0 Å². The lowest BCUT2D eigenvalue weighted by atomic mass is 10.7. The zero-order valence-corrected chi connectivity index (χ0v) is 12.7. The van der Waals surface area contributed by atoms with Gasteiger partial charge in [0.2, 0.25) is 10.0 Å². The lowest BCUT2D eigenvalue weighted by molar-refractivity contribution is 0.579. The van der Waals surface area contributed by atoms with Gasteiger partial charge in [-0.15, -0.1) is 11.3 Å². The summed E-state index contributed by atoms with van der Waals surface area (Å²) in [5.41, 5.74) is 0. The van der Waals surface area contributed by atoms with Gasteiger partial charge in [0.1, 0.15) is 4.90 Å². The van der Waals surface area contributed by atoms with Crippen molar-refractivity contribution < 1.29 is 8.42 Å². The van der Waals surface area contributed by atoms with Crippen LogP contribution >= 0.6 is 43.2 Å². The highest BCUT2D eigenvalue weighted by molar-refractivity contribution is 9.12. The van der Waals surface area contributed by atoms with E-state index in [1.165, 1.54) is 11.3 Å². The largest absolute Gasteiger partial charge is 0.318 e.